The Morgan fingerprint density at radius 3 is 1.98 bits per heavy atom. The van der Waals surface area contributed by atoms with E-state index in [0.29, 0.717) is 0 Å². The van der Waals surface area contributed by atoms with Gasteiger partial charge in [0.2, 0.25) is 0 Å². The molecule has 2 aromatic carbocycles. The van der Waals surface area contributed by atoms with E-state index in [1.807, 2.05) is 40.1 Å². The summed E-state index contributed by atoms with van der Waals surface area (Å²) in [5.74, 6) is 0. The Kier molecular flexibility index (Phi) is 27.1. The molecule has 3 nitrogen and oxygen atoms in total. The van der Waals surface area contributed by atoms with Gasteiger partial charge in [-0.2, -0.15) is 12.6 Å². The first-order valence-corrected chi connectivity index (χ1v) is 17.6. The molecule has 0 saturated heterocycles. The minimum absolute atomic E-state index is 1.04. The first-order chi connectivity index (χ1) is 21.7. The Balaban J connectivity index is 0. The fourth-order valence-electron chi connectivity index (χ4n) is 4.86. The molecule has 1 aromatic heterocycles. The van der Waals surface area contributed by atoms with Gasteiger partial charge < -0.3 is 14.8 Å². The van der Waals surface area contributed by atoms with E-state index >= 15 is 0 Å². The fraction of sp³-hybridized carbons (Fsp3) is 0.463. The zero-order chi connectivity index (χ0) is 34.8. The van der Waals surface area contributed by atoms with Crippen LogP contribution in [0.5, 0.6) is 0 Å². The van der Waals surface area contributed by atoms with Crippen LogP contribution in [-0.4, -0.2) is 50.5 Å². The molecule has 1 heterocycles. The number of aryl methyl sites for hydroxylation is 3. The van der Waals surface area contributed by atoms with Gasteiger partial charge in [-0.3, -0.25) is 0 Å². The van der Waals surface area contributed by atoms with Gasteiger partial charge in [0.05, 0.1) is 0 Å². The normalized spacial score (nSPS) is 11.0. The van der Waals surface area contributed by atoms with Crippen LogP contribution in [0.3, 0.4) is 0 Å². The number of para-hydroxylation sites is 1. The molecule has 252 valence electrons. The van der Waals surface area contributed by atoms with Gasteiger partial charge in [0.1, 0.15) is 0 Å². The molecule has 0 atom stereocenters. The van der Waals surface area contributed by atoms with E-state index in [9.17, 15) is 0 Å². The summed E-state index contributed by atoms with van der Waals surface area (Å²) in [5, 5.41) is 4.02. The number of nitrogens with one attached hydrogen (secondary N) is 1. The number of aromatic nitrogens is 1. The molecule has 1 N–H and O–H groups in total. The standard InChI is InChI=1S/C30H35N.C6H15N.C2H7N.C2H6.CH4S/c1-7-11-14-19-31-21-29(27-15-12-13-16-30(27)31)26(10-4)24(8-2)25(9-3)28-20-22(5)17-18-23(28)6;1-4-5-6-7(2)3;1-3-2;2*1-2/h8-10,12-13,15-18,20-21H,2,4,7,11,14,19H2,1,3,5-6H3;4-6H2,1-3H3;3H,1-2H3;1-2H3;2H,1H3/b25-9-,26-24-;;;;. The van der Waals surface area contributed by atoms with Crippen molar-refractivity contribution in [2.45, 2.75) is 87.1 Å². The summed E-state index contributed by atoms with van der Waals surface area (Å²) < 4.78 is 2.40. The molecule has 0 radical (unpaired) electrons. The van der Waals surface area contributed by atoms with E-state index in [2.05, 4.69) is 144 Å². The van der Waals surface area contributed by atoms with Gasteiger partial charge in [-0.1, -0.05) is 120 Å². The van der Waals surface area contributed by atoms with Gasteiger partial charge >= 0.3 is 0 Å². The zero-order valence-electron chi connectivity index (χ0n) is 31.1. The molecule has 4 heteroatoms. The molecule has 0 aliphatic heterocycles. The minimum atomic E-state index is 1.04. The van der Waals surface area contributed by atoms with Gasteiger partial charge in [-0.15, -0.1) is 0 Å². The number of hydrogen-bond acceptors (Lipinski definition) is 3. The van der Waals surface area contributed by atoms with E-state index in [-0.39, 0.29) is 0 Å². The Bertz CT molecular complexity index is 1280. The maximum atomic E-state index is 4.21. The lowest BCUT2D eigenvalue weighted by Gasteiger charge is -2.16. The van der Waals surface area contributed by atoms with Gasteiger partial charge in [0.25, 0.3) is 0 Å². The van der Waals surface area contributed by atoms with Gasteiger partial charge in [-0.05, 0) is 109 Å². The average molecular weight is 634 g/mol. The molecular formula is C41H67N3S. The van der Waals surface area contributed by atoms with Crippen molar-refractivity contribution in [3.63, 3.8) is 0 Å². The summed E-state index contributed by atoms with van der Waals surface area (Å²) in [7, 11) is 7.96. The Morgan fingerprint density at radius 1 is 0.889 bits per heavy atom. The third-order valence-corrected chi connectivity index (χ3v) is 7.00. The molecule has 0 saturated carbocycles. The van der Waals surface area contributed by atoms with E-state index < -0.39 is 0 Å². The molecule has 0 aliphatic rings. The van der Waals surface area contributed by atoms with Gasteiger partial charge in [0.15, 0.2) is 0 Å². The van der Waals surface area contributed by atoms with Crippen LogP contribution in [0.15, 0.2) is 85.6 Å². The van der Waals surface area contributed by atoms with Crippen molar-refractivity contribution in [3.8, 4) is 0 Å². The van der Waals surface area contributed by atoms with Gasteiger partial charge in [-0.25, -0.2) is 0 Å². The van der Waals surface area contributed by atoms with Crippen molar-refractivity contribution >= 4 is 34.7 Å². The van der Waals surface area contributed by atoms with Crippen LogP contribution in [0.4, 0.5) is 0 Å². The lowest BCUT2D eigenvalue weighted by Crippen LogP contribution is -2.12. The largest absolute Gasteiger partial charge is 0.347 e. The molecule has 0 spiro atoms. The van der Waals surface area contributed by atoms with Crippen LogP contribution in [0, 0.1) is 13.8 Å². The van der Waals surface area contributed by atoms with Gasteiger partial charge in [0, 0.05) is 29.2 Å². The fourth-order valence-corrected chi connectivity index (χ4v) is 4.86. The van der Waals surface area contributed by atoms with Crippen molar-refractivity contribution in [1.82, 2.24) is 14.8 Å². The number of thiol groups is 1. The summed E-state index contributed by atoms with van der Waals surface area (Å²) in [5.41, 5.74) is 9.75. The molecule has 3 aromatic rings. The number of fused-ring (bicyclic) bond motifs is 1. The molecule has 45 heavy (non-hydrogen) atoms. The second-order valence-corrected chi connectivity index (χ2v) is 10.9. The van der Waals surface area contributed by atoms with Crippen LogP contribution in [-0.2, 0) is 6.54 Å². The third-order valence-electron chi connectivity index (χ3n) is 7.00. The summed E-state index contributed by atoms with van der Waals surface area (Å²) in [4.78, 5) is 2.21. The lowest BCUT2D eigenvalue weighted by atomic mass is 9.87. The number of unbranched alkanes of at least 4 members (excludes halogenated alkanes) is 3. The van der Waals surface area contributed by atoms with E-state index in [1.165, 1.54) is 77.4 Å². The topological polar surface area (TPSA) is 20.2 Å². The van der Waals surface area contributed by atoms with Crippen LogP contribution < -0.4 is 5.32 Å². The predicted octanol–water partition coefficient (Wildman–Crippen LogP) is 11.4. The minimum Gasteiger partial charge on any atom is -0.347 e. The molecule has 3 rings (SSSR count). The van der Waals surface area contributed by atoms with Crippen molar-refractivity contribution in [3.05, 3.63) is 108 Å². The predicted molar refractivity (Wildman–Crippen MR) is 213 cm³/mol. The summed E-state index contributed by atoms with van der Waals surface area (Å²) >= 11 is 3.53. The summed E-state index contributed by atoms with van der Waals surface area (Å²) in [6.07, 6.45) is 16.5. The monoisotopic (exact) mass is 634 g/mol. The number of allylic oxidation sites excluding steroid dienone is 6. The highest BCUT2D eigenvalue weighted by Gasteiger charge is 2.17. The molecule has 0 unspecified atom stereocenters. The second-order valence-electron chi connectivity index (χ2n) is 10.9. The molecule has 0 fully saturated rings. The molecule has 0 aliphatic carbocycles. The maximum Gasteiger partial charge on any atom is 0.0486 e. The van der Waals surface area contributed by atoms with Crippen LogP contribution in [0.2, 0.25) is 0 Å². The zero-order valence-corrected chi connectivity index (χ0v) is 32.0. The second kappa shape index (κ2) is 27.5. The Hall–Kier alpha value is -2.79. The highest BCUT2D eigenvalue weighted by Crippen LogP contribution is 2.37. The molecule has 0 bridgehead atoms. The first kappa shape index (κ1) is 44.3. The van der Waals surface area contributed by atoms with Crippen molar-refractivity contribution in [2.75, 3.05) is 41.0 Å². The number of benzene rings is 2. The Morgan fingerprint density at radius 2 is 1.49 bits per heavy atom. The highest BCUT2D eigenvalue weighted by atomic mass is 32.1. The quantitative estimate of drug-likeness (QED) is 0.118. The van der Waals surface area contributed by atoms with Crippen molar-refractivity contribution in [1.29, 1.82) is 0 Å². The van der Waals surface area contributed by atoms with Crippen LogP contribution in [0.1, 0.15) is 89.0 Å². The van der Waals surface area contributed by atoms with Crippen molar-refractivity contribution < 1.29 is 0 Å². The van der Waals surface area contributed by atoms with Crippen LogP contribution in [0.25, 0.3) is 22.0 Å². The SMILES string of the molecule is C=CC(=C(\C=C)c1cn(CCCCC)c2ccccc12)/C(=C/C)c1cc(C)ccc1C.CC.CCCCN(C)C.CNC.CS. The highest BCUT2D eigenvalue weighted by molar-refractivity contribution is 7.79. The number of rotatable bonds is 12. The number of nitrogens with zero attached hydrogens (tertiary/aromatic N) is 2. The molecular weight excluding hydrogens is 567 g/mol. The van der Waals surface area contributed by atoms with Crippen LogP contribution >= 0.6 is 12.6 Å². The van der Waals surface area contributed by atoms with E-state index in [4.69, 9.17) is 0 Å². The average Bonchev–Trinajstić information content (AvgIpc) is 3.42. The van der Waals surface area contributed by atoms with E-state index in [0.717, 1.165) is 17.7 Å². The third kappa shape index (κ3) is 15.4. The smallest absolute Gasteiger partial charge is 0.0486 e. The lowest BCUT2D eigenvalue weighted by molar-refractivity contribution is 0.398. The van der Waals surface area contributed by atoms with Crippen molar-refractivity contribution in [2.24, 2.45) is 0 Å². The summed E-state index contributed by atoms with van der Waals surface area (Å²) in [6, 6.07) is 15.3. The Labute approximate surface area is 284 Å². The molecule has 0 amide bonds. The maximum absolute atomic E-state index is 4.21. The number of hydrogen-bond donors (Lipinski definition) is 2. The summed E-state index contributed by atoms with van der Waals surface area (Å²) in [6.45, 7) is 25.6. The first-order valence-electron chi connectivity index (χ1n) is 16.7. The van der Waals surface area contributed by atoms with E-state index in [1.54, 1.807) is 6.26 Å².